The Bertz CT molecular complexity index is 1370. The Morgan fingerprint density at radius 1 is 0.914 bits per heavy atom. The van der Waals surface area contributed by atoms with Gasteiger partial charge in [0.05, 0.1) is 11.7 Å². The van der Waals surface area contributed by atoms with E-state index in [-0.39, 0.29) is 56.7 Å². The van der Waals surface area contributed by atoms with Crippen LogP contribution in [-0.2, 0) is 0 Å². The Labute approximate surface area is 213 Å². The number of halogens is 2. The summed E-state index contributed by atoms with van der Waals surface area (Å²) < 4.78 is 16.8. The van der Waals surface area contributed by atoms with Crippen molar-refractivity contribution in [2.75, 3.05) is 0 Å². The molecule has 4 aromatic rings. The van der Waals surface area contributed by atoms with Gasteiger partial charge in [-0.1, -0.05) is 17.3 Å². The van der Waals surface area contributed by atoms with Crippen molar-refractivity contribution in [1.82, 2.24) is 30.5 Å². The zero-order valence-electron chi connectivity index (χ0n) is 19.9. The number of fused-ring (bicyclic) bond motifs is 1. The van der Waals surface area contributed by atoms with E-state index in [2.05, 4.69) is 53.5 Å². The summed E-state index contributed by atoms with van der Waals surface area (Å²) in [5.74, 6) is -0.575. The molecular weight excluding hydrogens is 515 g/mol. The van der Waals surface area contributed by atoms with E-state index in [1.54, 1.807) is 18.2 Å². The van der Waals surface area contributed by atoms with Gasteiger partial charge in [0.1, 0.15) is 22.8 Å². The second-order valence-electron chi connectivity index (χ2n) is 10.3. The number of benzene rings is 2. The van der Waals surface area contributed by atoms with Gasteiger partial charge >= 0.3 is 0 Å². The average molecular weight is 543 g/mol. The third-order valence-corrected chi connectivity index (χ3v) is 6.27. The first-order chi connectivity index (χ1) is 16.0. The van der Waals surface area contributed by atoms with Crippen molar-refractivity contribution in [3.05, 3.63) is 48.3 Å². The molecule has 0 aliphatic carbocycles. The SMILES string of the molecule is Br.CC1(C)CC(n2nnc3cc(-c4cc(F)c(-c5ccc(O)cc5)cc4O)nnc32)CC(C)(C)N1. The van der Waals surface area contributed by atoms with Crippen LogP contribution in [0.4, 0.5) is 4.39 Å². The average Bonchev–Trinajstić information content (AvgIpc) is 3.17. The lowest BCUT2D eigenvalue weighted by molar-refractivity contribution is 0.127. The van der Waals surface area contributed by atoms with Gasteiger partial charge in [0.25, 0.3) is 0 Å². The van der Waals surface area contributed by atoms with Crippen molar-refractivity contribution in [3.8, 4) is 33.9 Å². The van der Waals surface area contributed by atoms with Crippen LogP contribution in [0.1, 0.15) is 46.6 Å². The first kappa shape index (κ1) is 25.0. The maximum Gasteiger partial charge on any atom is 0.201 e. The number of phenols is 2. The summed E-state index contributed by atoms with van der Waals surface area (Å²) in [5, 5.41) is 41.1. The second-order valence-corrected chi connectivity index (χ2v) is 10.3. The summed E-state index contributed by atoms with van der Waals surface area (Å²) in [6.45, 7) is 8.68. The summed E-state index contributed by atoms with van der Waals surface area (Å²) >= 11 is 0. The lowest BCUT2D eigenvalue weighted by Gasteiger charge is -2.46. The zero-order valence-corrected chi connectivity index (χ0v) is 21.7. The predicted octanol–water partition coefficient (Wildman–Crippen LogP) is 5.17. The number of nitrogens with one attached hydrogen (secondary N) is 1. The van der Waals surface area contributed by atoms with E-state index in [9.17, 15) is 14.6 Å². The van der Waals surface area contributed by atoms with Crippen molar-refractivity contribution >= 4 is 28.1 Å². The van der Waals surface area contributed by atoms with E-state index in [1.165, 1.54) is 24.3 Å². The van der Waals surface area contributed by atoms with E-state index in [1.807, 2.05) is 4.68 Å². The Morgan fingerprint density at radius 2 is 1.57 bits per heavy atom. The van der Waals surface area contributed by atoms with E-state index in [4.69, 9.17) is 0 Å². The first-order valence-corrected chi connectivity index (χ1v) is 11.2. The smallest absolute Gasteiger partial charge is 0.201 e. The van der Waals surface area contributed by atoms with Crippen molar-refractivity contribution in [2.45, 2.75) is 57.7 Å². The minimum Gasteiger partial charge on any atom is -0.508 e. The fraction of sp³-hybridized carbons (Fsp3) is 0.360. The summed E-state index contributed by atoms with van der Waals surface area (Å²) in [5.41, 5.74) is 2.23. The van der Waals surface area contributed by atoms with Gasteiger partial charge in [-0.2, -0.15) is 0 Å². The van der Waals surface area contributed by atoms with Gasteiger partial charge in [-0.15, -0.1) is 32.3 Å². The monoisotopic (exact) mass is 542 g/mol. The molecule has 2 aromatic carbocycles. The molecular formula is C25H28BrFN6O2. The van der Waals surface area contributed by atoms with Gasteiger partial charge in [-0.05, 0) is 76.4 Å². The number of piperidine rings is 1. The van der Waals surface area contributed by atoms with Crippen LogP contribution in [0.3, 0.4) is 0 Å². The Morgan fingerprint density at radius 3 is 2.23 bits per heavy atom. The maximum atomic E-state index is 14.9. The van der Waals surface area contributed by atoms with E-state index in [0.29, 0.717) is 22.4 Å². The molecule has 8 nitrogen and oxygen atoms in total. The molecule has 1 aliphatic heterocycles. The standard InChI is InChI=1S/C25H27FN6O2.BrH/c1-24(2)12-15(13-25(3,4)30-24)32-23-21(28-31-32)11-20(27-29-23)18-9-19(26)17(10-22(18)34)14-5-7-16(33)8-6-14;/h5-11,15,30,33-34H,12-13H2,1-4H3;1H. The fourth-order valence-corrected chi connectivity index (χ4v) is 5.20. The van der Waals surface area contributed by atoms with Gasteiger partial charge in [0.2, 0.25) is 5.65 Å². The summed E-state index contributed by atoms with van der Waals surface area (Å²) in [6.07, 6.45) is 1.73. The number of aromatic nitrogens is 5. The summed E-state index contributed by atoms with van der Waals surface area (Å²) in [6, 6.07) is 10.4. The van der Waals surface area contributed by atoms with E-state index < -0.39 is 5.82 Å². The van der Waals surface area contributed by atoms with E-state index >= 15 is 0 Å². The third-order valence-electron chi connectivity index (χ3n) is 6.27. The molecule has 0 amide bonds. The Balaban J connectivity index is 0.00000289. The molecule has 1 aliphatic rings. The van der Waals surface area contributed by atoms with Crippen LogP contribution in [0.15, 0.2) is 42.5 Å². The molecule has 0 atom stereocenters. The topological polar surface area (TPSA) is 109 Å². The minimum absolute atomic E-state index is 0. The second kappa shape index (κ2) is 8.83. The number of phenolic OH excluding ortho intramolecular Hbond substituents is 2. The molecule has 0 spiro atoms. The van der Waals surface area contributed by atoms with Gasteiger partial charge < -0.3 is 15.5 Å². The van der Waals surface area contributed by atoms with E-state index in [0.717, 1.165) is 12.8 Å². The van der Waals surface area contributed by atoms with Crippen LogP contribution in [0.5, 0.6) is 11.5 Å². The molecule has 35 heavy (non-hydrogen) atoms. The Hall–Kier alpha value is -3.11. The molecule has 0 radical (unpaired) electrons. The van der Waals surface area contributed by atoms with Gasteiger partial charge in [-0.3, -0.25) is 0 Å². The van der Waals surface area contributed by atoms with Crippen LogP contribution in [0, 0.1) is 5.82 Å². The first-order valence-electron chi connectivity index (χ1n) is 11.2. The van der Waals surface area contributed by atoms with Gasteiger partial charge in [0, 0.05) is 22.2 Å². The van der Waals surface area contributed by atoms with Crippen molar-refractivity contribution in [3.63, 3.8) is 0 Å². The molecule has 184 valence electrons. The van der Waals surface area contributed by atoms with Crippen LogP contribution >= 0.6 is 17.0 Å². The van der Waals surface area contributed by atoms with Gasteiger partial charge in [0.15, 0.2) is 0 Å². The lowest BCUT2D eigenvalue weighted by atomic mass is 9.80. The predicted molar refractivity (Wildman–Crippen MR) is 137 cm³/mol. The highest BCUT2D eigenvalue weighted by molar-refractivity contribution is 8.93. The number of aromatic hydroxyl groups is 2. The molecule has 2 aromatic heterocycles. The number of nitrogens with zero attached hydrogens (tertiary/aromatic N) is 5. The van der Waals surface area contributed by atoms with Crippen molar-refractivity contribution < 1.29 is 14.6 Å². The minimum atomic E-state index is -0.525. The van der Waals surface area contributed by atoms with Crippen LogP contribution < -0.4 is 5.32 Å². The number of rotatable bonds is 3. The van der Waals surface area contributed by atoms with Crippen molar-refractivity contribution in [1.29, 1.82) is 0 Å². The highest BCUT2D eigenvalue weighted by Gasteiger charge is 2.39. The van der Waals surface area contributed by atoms with Crippen molar-refractivity contribution in [2.24, 2.45) is 0 Å². The molecule has 0 saturated carbocycles. The Kier molecular flexibility index (Phi) is 6.31. The molecule has 1 saturated heterocycles. The zero-order chi connectivity index (χ0) is 24.3. The maximum absolute atomic E-state index is 14.9. The molecule has 0 bridgehead atoms. The highest BCUT2D eigenvalue weighted by atomic mass is 79.9. The molecule has 3 heterocycles. The molecule has 5 rings (SSSR count). The largest absolute Gasteiger partial charge is 0.508 e. The fourth-order valence-electron chi connectivity index (χ4n) is 5.20. The highest BCUT2D eigenvalue weighted by Crippen LogP contribution is 2.38. The number of hydrogen-bond donors (Lipinski definition) is 3. The lowest BCUT2D eigenvalue weighted by Crippen LogP contribution is -2.58. The van der Waals surface area contributed by atoms with Crippen LogP contribution in [-0.4, -0.2) is 46.5 Å². The third kappa shape index (κ3) is 4.85. The summed E-state index contributed by atoms with van der Waals surface area (Å²) in [4.78, 5) is 0. The van der Waals surface area contributed by atoms with Gasteiger partial charge in [-0.25, -0.2) is 9.07 Å². The molecule has 1 fully saturated rings. The number of hydrogen-bond acceptors (Lipinski definition) is 7. The van der Waals surface area contributed by atoms with Crippen LogP contribution in [0.2, 0.25) is 0 Å². The molecule has 3 N–H and O–H groups in total. The normalized spacial score (nSPS) is 17.3. The molecule has 10 heteroatoms. The van der Waals surface area contributed by atoms with Crippen LogP contribution in [0.25, 0.3) is 33.5 Å². The summed E-state index contributed by atoms with van der Waals surface area (Å²) in [7, 11) is 0. The molecule has 0 unspecified atom stereocenters. The quantitative estimate of drug-likeness (QED) is 0.327.